The van der Waals surface area contributed by atoms with E-state index in [-0.39, 0.29) is 6.61 Å². The molecule has 0 fully saturated rings. The normalized spacial score (nSPS) is 8.93. The molecular weight excluding hydrogens is 174 g/mol. The predicted octanol–water partition coefficient (Wildman–Crippen LogP) is 2.40. The van der Waals surface area contributed by atoms with Crippen molar-refractivity contribution in [2.24, 2.45) is 0 Å². The molecule has 1 aromatic carbocycles. The van der Waals surface area contributed by atoms with E-state index in [1.807, 2.05) is 30.5 Å². The minimum atomic E-state index is 0.0833. The molecule has 0 aliphatic heterocycles. The van der Waals surface area contributed by atoms with E-state index in [1.54, 1.807) is 0 Å². The maximum absolute atomic E-state index is 7.76. The minimum Gasteiger partial charge on any atom is -0.392 e. The van der Waals surface area contributed by atoms with Crippen molar-refractivity contribution in [2.45, 2.75) is 0 Å². The summed E-state index contributed by atoms with van der Waals surface area (Å²) in [6, 6.07) is 12.1. The van der Waals surface area contributed by atoms with Crippen molar-refractivity contribution in [3.05, 3.63) is 55.3 Å². The van der Waals surface area contributed by atoms with Crippen LogP contribution in [0.3, 0.4) is 0 Å². The fourth-order valence-corrected chi connectivity index (χ4v) is 1.02. The van der Waals surface area contributed by atoms with E-state index >= 15 is 0 Å². The highest BCUT2D eigenvalue weighted by atomic mass is 16.2. The second-order valence-corrected chi connectivity index (χ2v) is 2.67. The Hall–Kier alpha value is -1.67. The largest absolute Gasteiger partial charge is 0.392 e. The first-order chi connectivity index (χ1) is 6.88. The molecule has 0 aliphatic carbocycles. The summed E-state index contributed by atoms with van der Waals surface area (Å²) in [5.41, 5.74) is 1.06. The molecule has 0 atom stereocenters. The zero-order valence-corrected chi connectivity index (χ0v) is 7.93. The van der Waals surface area contributed by atoms with E-state index < -0.39 is 0 Å². The second kappa shape index (κ2) is 5.89. The molecule has 0 bridgehead atoms. The molecule has 72 valence electrons. The van der Waals surface area contributed by atoms with Crippen molar-refractivity contribution in [3.8, 4) is 0 Å². The first-order valence-corrected chi connectivity index (χ1v) is 4.40. The van der Waals surface area contributed by atoms with Crippen molar-refractivity contribution in [1.29, 1.82) is 0 Å². The van der Waals surface area contributed by atoms with Gasteiger partial charge in [0.15, 0.2) is 0 Å². The maximum Gasteiger partial charge on any atom is 0.0701 e. The first kappa shape index (κ1) is 10.4. The fraction of sp³-hybridized carbons (Fsp3) is 0.0833. The molecule has 0 spiro atoms. The minimum absolute atomic E-state index is 0.0833. The van der Waals surface area contributed by atoms with E-state index in [0.717, 1.165) is 5.52 Å². The Morgan fingerprint density at radius 3 is 2.50 bits per heavy atom. The van der Waals surface area contributed by atoms with Crippen LogP contribution in [0.4, 0.5) is 0 Å². The number of rotatable bonds is 1. The summed E-state index contributed by atoms with van der Waals surface area (Å²) in [5, 5.41) is 8.96. The number of aliphatic hydroxyl groups is 1. The molecule has 14 heavy (non-hydrogen) atoms. The van der Waals surface area contributed by atoms with E-state index in [9.17, 15) is 0 Å². The molecule has 0 amide bonds. The zero-order chi connectivity index (χ0) is 10.2. The van der Waals surface area contributed by atoms with Crippen LogP contribution in [0.25, 0.3) is 10.9 Å². The third kappa shape index (κ3) is 2.99. The lowest BCUT2D eigenvalue weighted by Gasteiger charge is -1.91. The molecule has 1 heterocycles. The van der Waals surface area contributed by atoms with Crippen LogP contribution in [-0.4, -0.2) is 16.7 Å². The maximum atomic E-state index is 7.76. The number of nitrogens with zero attached hydrogens (tertiary/aromatic N) is 1. The Morgan fingerprint density at radius 1 is 1.21 bits per heavy atom. The van der Waals surface area contributed by atoms with Crippen molar-refractivity contribution in [2.75, 3.05) is 6.61 Å². The van der Waals surface area contributed by atoms with Gasteiger partial charge in [0.05, 0.1) is 12.1 Å². The molecule has 1 aromatic heterocycles. The number of benzene rings is 1. The average molecular weight is 187 g/mol. The van der Waals surface area contributed by atoms with Gasteiger partial charge in [0.2, 0.25) is 0 Å². The third-order valence-electron chi connectivity index (χ3n) is 1.64. The SMILES string of the molecule is C=CCO.c1ccc2ncccc2c1. The van der Waals surface area contributed by atoms with Crippen molar-refractivity contribution in [1.82, 2.24) is 4.98 Å². The van der Waals surface area contributed by atoms with Crippen LogP contribution in [0.15, 0.2) is 55.3 Å². The first-order valence-electron chi connectivity index (χ1n) is 4.40. The van der Waals surface area contributed by atoms with Crippen LogP contribution in [0.5, 0.6) is 0 Å². The van der Waals surface area contributed by atoms with Crippen molar-refractivity contribution in [3.63, 3.8) is 0 Å². The predicted molar refractivity (Wildman–Crippen MR) is 59.0 cm³/mol. The van der Waals surface area contributed by atoms with Crippen molar-refractivity contribution < 1.29 is 5.11 Å². The number of hydrogen-bond acceptors (Lipinski definition) is 2. The average Bonchev–Trinajstić information content (AvgIpc) is 2.30. The van der Waals surface area contributed by atoms with Crippen LogP contribution in [0, 0.1) is 0 Å². The molecule has 2 aromatic rings. The van der Waals surface area contributed by atoms with E-state index in [2.05, 4.69) is 23.7 Å². The van der Waals surface area contributed by atoms with E-state index in [4.69, 9.17) is 5.11 Å². The summed E-state index contributed by atoms with van der Waals surface area (Å²) in [4.78, 5) is 4.18. The van der Waals surface area contributed by atoms with Gasteiger partial charge in [0.1, 0.15) is 0 Å². The number of hydrogen-bond donors (Lipinski definition) is 1. The molecule has 2 rings (SSSR count). The molecular formula is C12H13NO. The molecule has 0 saturated carbocycles. The van der Waals surface area contributed by atoms with Gasteiger partial charge in [-0.25, -0.2) is 0 Å². The van der Waals surface area contributed by atoms with Gasteiger partial charge in [-0.2, -0.15) is 0 Å². The topological polar surface area (TPSA) is 33.1 Å². The Balaban J connectivity index is 0.000000213. The zero-order valence-electron chi connectivity index (χ0n) is 7.93. The van der Waals surface area contributed by atoms with Gasteiger partial charge in [-0.3, -0.25) is 4.98 Å². The van der Waals surface area contributed by atoms with E-state index in [1.165, 1.54) is 11.5 Å². The molecule has 2 nitrogen and oxygen atoms in total. The van der Waals surface area contributed by atoms with Gasteiger partial charge < -0.3 is 5.11 Å². The molecule has 0 saturated heterocycles. The highest BCUT2D eigenvalue weighted by Gasteiger charge is 1.86. The Bertz CT molecular complexity index is 333. The Morgan fingerprint density at radius 2 is 1.86 bits per heavy atom. The monoisotopic (exact) mass is 187 g/mol. The van der Waals surface area contributed by atoms with Gasteiger partial charge in [0, 0.05) is 11.6 Å². The summed E-state index contributed by atoms with van der Waals surface area (Å²) in [5.74, 6) is 0. The quantitative estimate of drug-likeness (QED) is 0.695. The molecule has 0 radical (unpaired) electrons. The van der Waals surface area contributed by atoms with Gasteiger partial charge in [-0.15, -0.1) is 6.58 Å². The summed E-state index contributed by atoms with van der Waals surface area (Å²) in [6.45, 7) is 3.31. The lowest BCUT2D eigenvalue weighted by Crippen LogP contribution is -1.73. The summed E-state index contributed by atoms with van der Waals surface area (Å²) < 4.78 is 0. The lowest BCUT2D eigenvalue weighted by molar-refractivity contribution is 0.343. The van der Waals surface area contributed by atoms with Crippen LogP contribution in [-0.2, 0) is 0 Å². The third-order valence-corrected chi connectivity index (χ3v) is 1.64. The molecule has 2 heteroatoms. The smallest absolute Gasteiger partial charge is 0.0701 e. The summed E-state index contributed by atoms with van der Waals surface area (Å²) >= 11 is 0. The van der Waals surface area contributed by atoms with Crippen LogP contribution in [0.1, 0.15) is 0 Å². The van der Waals surface area contributed by atoms with Gasteiger partial charge in [-0.05, 0) is 12.1 Å². The van der Waals surface area contributed by atoms with Crippen LogP contribution >= 0.6 is 0 Å². The van der Waals surface area contributed by atoms with Crippen LogP contribution in [0.2, 0.25) is 0 Å². The Kier molecular flexibility index (Phi) is 4.38. The second-order valence-electron chi connectivity index (χ2n) is 2.67. The number of aliphatic hydroxyl groups excluding tert-OH is 1. The molecule has 0 aliphatic rings. The number of fused-ring (bicyclic) bond motifs is 1. The number of aromatic nitrogens is 1. The van der Waals surface area contributed by atoms with E-state index in [0.29, 0.717) is 0 Å². The van der Waals surface area contributed by atoms with Gasteiger partial charge in [-0.1, -0.05) is 30.3 Å². The summed E-state index contributed by atoms with van der Waals surface area (Å²) in [7, 11) is 0. The number of pyridine rings is 1. The highest BCUT2D eigenvalue weighted by Crippen LogP contribution is 2.07. The Labute approximate surface area is 83.5 Å². The summed E-state index contributed by atoms with van der Waals surface area (Å²) in [6.07, 6.45) is 3.24. The van der Waals surface area contributed by atoms with Crippen molar-refractivity contribution >= 4 is 10.9 Å². The van der Waals surface area contributed by atoms with Crippen LogP contribution < -0.4 is 0 Å². The highest BCUT2D eigenvalue weighted by molar-refractivity contribution is 5.77. The fourth-order valence-electron chi connectivity index (χ4n) is 1.02. The van der Waals surface area contributed by atoms with Gasteiger partial charge >= 0.3 is 0 Å². The standard InChI is InChI=1S/C9H7N.C3H6O/c1-2-6-9-8(4-1)5-3-7-10-9;1-2-3-4/h1-7H;2,4H,1,3H2. The van der Waals surface area contributed by atoms with Gasteiger partial charge in [0.25, 0.3) is 0 Å². The molecule has 1 N–H and O–H groups in total. The number of para-hydroxylation sites is 1. The lowest BCUT2D eigenvalue weighted by atomic mass is 10.2. The molecule has 0 unspecified atom stereocenters.